The van der Waals surface area contributed by atoms with Gasteiger partial charge in [0.05, 0.1) is 6.04 Å². The van der Waals surface area contributed by atoms with Gasteiger partial charge < -0.3 is 10.8 Å². The van der Waals surface area contributed by atoms with Gasteiger partial charge >= 0.3 is 0 Å². The molecule has 0 saturated carbocycles. The number of aromatic amines is 1. The van der Waals surface area contributed by atoms with Crippen molar-refractivity contribution in [2.24, 2.45) is 5.92 Å². The summed E-state index contributed by atoms with van der Waals surface area (Å²) in [5.74, 6) is 0.144. The van der Waals surface area contributed by atoms with E-state index < -0.39 is 5.56 Å². The number of aliphatic hydroxyl groups is 1. The second kappa shape index (κ2) is 3.91. The predicted octanol–water partition coefficient (Wildman–Crippen LogP) is -0.794. The minimum atomic E-state index is -0.399. The lowest BCUT2D eigenvalue weighted by Crippen LogP contribution is -2.14. The molecular formula is C10H12N6O2. The van der Waals surface area contributed by atoms with Crippen molar-refractivity contribution in [3.63, 3.8) is 0 Å². The first kappa shape index (κ1) is 10.9. The Hall–Kier alpha value is -2.22. The summed E-state index contributed by atoms with van der Waals surface area (Å²) < 4.78 is 1.56. The number of allylic oxidation sites excluding steroid dienone is 1. The third kappa shape index (κ3) is 1.58. The Balaban J connectivity index is 2.09. The fraction of sp³-hybridized carbons (Fsp3) is 0.400. The van der Waals surface area contributed by atoms with Gasteiger partial charge in [-0.3, -0.25) is 9.78 Å². The quantitative estimate of drug-likeness (QED) is 0.598. The number of fused-ring (bicyclic) bond motifs is 1. The number of H-pyrrole nitrogens is 1. The molecule has 94 valence electrons. The Bertz CT molecular complexity index is 673. The van der Waals surface area contributed by atoms with E-state index in [0.717, 1.165) is 0 Å². The minimum absolute atomic E-state index is 0.0386. The van der Waals surface area contributed by atoms with E-state index in [2.05, 4.69) is 20.3 Å². The van der Waals surface area contributed by atoms with Gasteiger partial charge in [-0.25, -0.2) is 4.68 Å². The number of anilines is 1. The van der Waals surface area contributed by atoms with Gasteiger partial charge in [0.1, 0.15) is 0 Å². The van der Waals surface area contributed by atoms with E-state index in [-0.39, 0.29) is 30.0 Å². The average Bonchev–Trinajstić information content (AvgIpc) is 2.93. The van der Waals surface area contributed by atoms with Crippen LogP contribution in [-0.4, -0.2) is 36.7 Å². The molecule has 2 heterocycles. The summed E-state index contributed by atoms with van der Waals surface area (Å²) >= 11 is 0. The van der Waals surface area contributed by atoms with Crippen LogP contribution in [-0.2, 0) is 0 Å². The van der Waals surface area contributed by atoms with Crippen LogP contribution >= 0.6 is 0 Å². The highest BCUT2D eigenvalue weighted by molar-refractivity contribution is 5.69. The van der Waals surface area contributed by atoms with Crippen molar-refractivity contribution < 1.29 is 5.11 Å². The van der Waals surface area contributed by atoms with Gasteiger partial charge in [0.15, 0.2) is 11.2 Å². The third-order valence-corrected chi connectivity index (χ3v) is 3.05. The lowest BCUT2D eigenvalue weighted by Gasteiger charge is -2.10. The van der Waals surface area contributed by atoms with Crippen molar-refractivity contribution >= 4 is 17.1 Å². The zero-order valence-corrected chi connectivity index (χ0v) is 9.45. The Kier molecular flexibility index (Phi) is 2.37. The molecule has 1 aliphatic rings. The number of aliphatic hydroxyl groups excluding tert-OH is 1. The third-order valence-electron chi connectivity index (χ3n) is 3.05. The van der Waals surface area contributed by atoms with Crippen molar-refractivity contribution in [2.45, 2.75) is 12.5 Å². The highest BCUT2D eigenvalue weighted by atomic mass is 16.3. The van der Waals surface area contributed by atoms with Crippen LogP contribution in [0.5, 0.6) is 0 Å². The molecule has 0 radical (unpaired) electrons. The van der Waals surface area contributed by atoms with E-state index in [1.807, 2.05) is 12.2 Å². The lowest BCUT2D eigenvalue weighted by atomic mass is 10.1. The molecule has 8 heteroatoms. The maximum atomic E-state index is 11.6. The summed E-state index contributed by atoms with van der Waals surface area (Å²) in [5.41, 5.74) is 5.65. The van der Waals surface area contributed by atoms with Crippen LogP contribution < -0.4 is 11.3 Å². The number of nitrogen functional groups attached to an aromatic ring is 1. The molecule has 1 aliphatic carbocycles. The molecule has 2 aromatic rings. The van der Waals surface area contributed by atoms with Crippen LogP contribution in [0, 0.1) is 5.92 Å². The van der Waals surface area contributed by atoms with Crippen molar-refractivity contribution in [1.82, 2.24) is 25.0 Å². The molecule has 0 fully saturated rings. The van der Waals surface area contributed by atoms with Crippen molar-refractivity contribution in [3.05, 3.63) is 22.5 Å². The zero-order valence-electron chi connectivity index (χ0n) is 9.45. The van der Waals surface area contributed by atoms with Crippen LogP contribution in [0.2, 0.25) is 0 Å². The maximum Gasteiger partial charge on any atom is 0.282 e. The normalized spacial score (nSPS) is 22.9. The zero-order chi connectivity index (χ0) is 12.7. The highest BCUT2D eigenvalue weighted by Gasteiger charge is 2.23. The van der Waals surface area contributed by atoms with Gasteiger partial charge in [-0.05, 0) is 6.42 Å². The monoisotopic (exact) mass is 248 g/mol. The van der Waals surface area contributed by atoms with Crippen molar-refractivity contribution in [3.8, 4) is 0 Å². The van der Waals surface area contributed by atoms with E-state index in [1.54, 1.807) is 4.68 Å². The van der Waals surface area contributed by atoms with Gasteiger partial charge in [-0.15, -0.1) is 5.10 Å². The minimum Gasteiger partial charge on any atom is -0.396 e. The molecule has 2 aromatic heterocycles. The summed E-state index contributed by atoms with van der Waals surface area (Å²) in [6, 6.07) is -0.0548. The molecule has 8 nitrogen and oxygen atoms in total. The van der Waals surface area contributed by atoms with E-state index in [9.17, 15) is 4.79 Å². The molecule has 3 rings (SSSR count). The number of hydrogen-bond acceptors (Lipinski definition) is 6. The molecule has 0 spiro atoms. The van der Waals surface area contributed by atoms with E-state index in [0.29, 0.717) is 12.1 Å². The Morgan fingerprint density at radius 2 is 2.39 bits per heavy atom. The predicted molar refractivity (Wildman–Crippen MR) is 63.7 cm³/mol. The first-order valence-electron chi connectivity index (χ1n) is 5.59. The van der Waals surface area contributed by atoms with Crippen molar-refractivity contribution in [1.29, 1.82) is 0 Å². The molecule has 0 bridgehead atoms. The molecule has 18 heavy (non-hydrogen) atoms. The molecule has 0 aromatic carbocycles. The molecule has 0 amide bonds. The number of nitrogens with one attached hydrogen (secondary N) is 1. The molecule has 0 saturated heterocycles. The molecule has 0 unspecified atom stereocenters. The summed E-state index contributed by atoms with van der Waals surface area (Å²) in [6.45, 7) is 0.0930. The highest BCUT2D eigenvalue weighted by Crippen LogP contribution is 2.28. The van der Waals surface area contributed by atoms with Crippen LogP contribution in [0.1, 0.15) is 12.5 Å². The van der Waals surface area contributed by atoms with Crippen LogP contribution in [0.15, 0.2) is 16.9 Å². The van der Waals surface area contributed by atoms with E-state index in [4.69, 9.17) is 10.8 Å². The topological polar surface area (TPSA) is 123 Å². The number of nitrogens with zero attached hydrogens (tertiary/aromatic N) is 4. The number of hydrogen-bond donors (Lipinski definition) is 3. The van der Waals surface area contributed by atoms with Crippen LogP contribution in [0.4, 0.5) is 5.95 Å². The SMILES string of the molecule is Nc1nc2c(nnn2[C@H]2C=C[C@@H](CO)C2)c(=O)[nH]1. The second-order valence-corrected chi connectivity index (χ2v) is 4.29. The largest absolute Gasteiger partial charge is 0.396 e. The van der Waals surface area contributed by atoms with Crippen LogP contribution in [0.3, 0.4) is 0 Å². The Morgan fingerprint density at radius 1 is 1.56 bits per heavy atom. The van der Waals surface area contributed by atoms with Gasteiger partial charge in [0, 0.05) is 12.5 Å². The van der Waals surface area contributed by atoms with Crippen LogP contribution in [0.25, 0.3) is 11.2 Å². The fourth-order valence-electron chi connectivity index (χ4n) is 2.15. The Labute approximate surface area is 101 Å². The Morgan fingerprint density at radius 3 is 3.11 bits per heavy atom. The van der Waals surface area contributed by atoms with E-state index >= 15 is 0 Å². The summed E-state index contributed by atoms with van der Waals surface area (Å²) in [7, 11) is 0. The number of rotatable bonds is 2. The molecule has 4 N–H and O–H groups in total. The average molecular weight is 248 g/mol. The van der Waals surface area contributed by atoms with Gasteiger partial charge in [0.25, 0.3) is 5.56 Å². The summed E-state index contributed by atoms with van der Waals surface area (Å²) in [6.07, 6.45) is 4.56. The van der Waals surface area contributed by atoms with Gasteiger partial charge in [-0.1, -0.05) is 17.4 Å². The maximum absolute atomic E-state index is 11.6. The first-order valence-corrected chi connectivity index (χ1v) is 5.59. The van der Waals surface area contributed by atoms with Crippen molar-refractivity contribution in [2.75, 3.05) is 12.3 Å². The molecular weight excluding hydrogens is 236 g/mol. The van der Waals surface area contributed by atoms with Gasteiger partial charge in [0.2, 0.25) is 5.95 Å². The smallest absolute Gasteiger partial charge is 0.282 e. The lowest BCUT2D eigenvalue weighted by molar-refractivity contribution is 0.243. The number of aromatic nitrogens is 5. The second-order valence-electron chi connectivity index (χ2n) is 4.29. The standard InChI is InChI=1S/C10H12N6O2/c11-10-12-8-7(9(18)13-10)14-15-16(8)6-2-1-5(3-6)4-17/h1-2,5-6,17H,3-4H2,(H3,11,12,13,18)/t5-,6+/m1/s1. The molecule has 0 aliphatic heterocycles. The fourth-order valence-corrected chi connectivity index (χ4v) is 2.15. The molecule has 2 atom stereocenters. The van der Waals surface area contributed by atoms with Gasteiger partial charge in [-0.2, -0.15) is 4.98 Å². The summed E-state index contributed by atoms with van der Waals surface area (Å²) in [4.78, 5) is 18.0. The number of nitrogens with two attached hydrogens (primary N) is 1. The summed E-state index contributed by atoms with van der Waals surface area (Å²) in [5, 5.41) is 16.8. The van der Waals surface area contributed by atoms with E-state index in [1.165, 1.54) is 0 Å². The first-order chi connectivity index (χ1) is 8.69.